The molecule has 21 heavy (non-hydrogen) atoms. The minimum Gasteiger partial charge on any atom is -0.469 e. The molecule has 0 saturated heterocycles. The maximum absolute atomic E-state index is 13.4. The van der Waals surface area contributed by atoms with E-state index in [9.17, 15) is 18.0 Å². The molecule has 0 unspecified atom stereocenters. The van der Waals surface area contributed by atoms with Gasteiger partial charge in [-0.2, -0.15) is 0 Å². The molecular formula is C14H12F3NO2S. The summed E-state index contributed by atoms with van der Waals surface area (Å²) in [6.45, 7) is 0.200. The summed E-state index contributed by atoms with van der Waals surface area (Å²) in [5.41, 5.74) is -0.240. The number of thiophene rings is 1. The van der Waals surface area contributed by atoms with Crippen LogP contribution in [0.2, 0.25) is 0 Å². The van der Waals surface area contributed by atoms with Crippen molar-refractivity contribution in [2.24, 2.45) is 0 Å². The molecule has 1 aromatic heterocycles. The fraction of sp³-hybridized carbons (Fsp3) is 0.214. The van der Waals surface area contributed by atoms with Crippen LogP contribution >= 0.6 is 11.3 Å². The van der Waals surface area contributed by atoms with Crippen molar-refractivity contribution < 1.29 is 22.7 Å². The van der Waals surface area contributed by atoms with Crippen LogP contribution in [0.4, 0.5) is 18.9 Å². The lowest BCUT2D eigenvalue weighted by molar-refractivity contribution is -0.139. The van der Waals surface area contributed by atoms with Crippen LogP contribution in [0.1, 0.15) is 9.75 Å². The first-order chi connectivity index (χ1) is 9.99. The van der Waals surface area contributed by atoms with E-state index in [4.69, 9.17) is 0 Å². The molecular weight excluding hydrogens is 303 g/mol. The lowest BCUT2D eigenvalue weighted by Gasteiger charge is -2.07. The molecule has 0 radical (unpaired) electrons. The Balaban J connectivity index is 2.02. The number of esters is 1. The fourth-order valence-corrected chi connectivity index (χ4v) is 2.64. The molecule has 112 valence electrons. The summed E-state index contributed by atoms with van der Waals surface area (Å²) in [6.07, 6.45) is 0.157. The minimum absolute atomic E-state index is 0.157. The Kier molecular flexibility index (Phi) is 4.85. The van der Waals surface area contributed by atoms with Crippen molar-refractivity contribution in [2.45, 2.75) is 13.0 Å². The third-order valence-electron chi connectivity index (χ3n) is 2.71. The number of carbonyl (C=O) groups is 1. The number of methoxy groups -OCH3 is 1. The molecule has 0 fully saturated rings. The van der Waals surface area contributed by atoms with Crippen LogP contribution in [0.15, 0.2) is 24.3 Å². The van der Waals surface area contributed by atoms with E-state index >= 15 is 0 Å². The zero-order valence-electron chi connectivity index (χ0n) is 11.1. The summed E-state index contributed by atoms with van der Waals surface area (Å²) in [6, 6.07) is 4.88. The van der Waals surface area contributed by atoms with Crippen molar-refractivity contribution in [3.63, 3.8) is 0 Å². The second kappa shape index (κ2) is 6.62. The van der Waals surface area contributed by atoms with Crippen LogP contribution in [0.25, 0.3) is 0 Å². The van der Waals surface area contributed by atoms with Gasteiger partial charge >= 0.3 is 5.97 Å². The third-order valence-corrected chi connectivity index (χ3v) is 3.79. The highest BCUT2D eigenvalue weighted by molar-refractivity contribution is 7.12. The lowest BCUT2D eigenvalue weighted by atomic mass is 10.2. The van der Waals surface area contributed by atoms with Gasteiger partial charge in [-0.1, -0.05) is 0 Å². The van der Waals surface area contributed by atoms with Gasteiger partial charge in [-0.3, -0.25) is 4.79 Å². The summed E-state index contributed by atoms with van der Waals surface area (Å²) in [7, 11) is 1.31. The maximum atomic E-state index is 13.4. The van der Waals surface area contributed by atoms with E-state index in [1.54, 1.807) is 12.1 Å². The number of benzene rings is 1. The SMILES string of the molecule is COC(=O)Cc1ccc(CNc2cc(F)cc(F)c2F)s1. The van der Waals surface area contributed by atoms with Crippen LogP contribution in [0.3, 0.4) is 0 Å². The van der Waals surface area contributed by atoms with Gasteiger partial charge in [-0.25, -0.2) is 13.2 Å². The van der Waals surface area contributed by atoms with E-state index in [0.29, 0.717) is 6.07 Å². The van der Waals surface area contributed by atoms with Crippen molar-refractivity contribution in [1.29, 1.82) is 0 Å². The molecule has 1 N–H and O–H groups in total. The van der Waals surface area contributed by atoms with Gasteiger partial charge in [0.1, 0.15) is 5.82 Å². The van der Waals surface area contributed by atoms with Gasteiger partial charge < -0.3 is 10.1 Å². The molecule has 0 aliphatic heterocycles. The molecule has 0 saturated carbocycles. The molecule has 0 spiro atoms. The monoisotopic (exact) mass is 315 g/mol. The van der Waals surface area contributed by atoms with E-state index in [0.717, 1.165) is 15.8 Å². The summed E-state index contributed by atoms with van der Waals surface area (Å²) < 4.78 is 44.1. The van der Waals surface area contributed by atoms with Crippen molar-refractivity contribution in [1.82, 2.24) is 0 Å². The van der Waals surface area contributed by atoms with E-state index in [2.05, 4.69) is 10.1 Å². The average Bonchev–Trinajstić information content (AvgIpc) is 2.88. The zero-order valence-corrected chi connectivity index (χ0v) is 11.9. The molecule has 3 nitrogen and oxygen atoms in total. The molecule has 1 aromatic carbocycles. The maximum Gasteiger partial charge on any atom is 0.310 e. The topological polar surface area (TPSA) is 38.3 Å². The summed E-state index contributed by atoms with van der Waals surface area (Å²) in [5, 5.41) is 2.63. The predicted octanol–water partition coefficient (Wildman–Crippen LogP) is 3.49. The Labute approximate surface area is 123 Å². The summed E-state index contributed by atoms with van der Waals surface area (Å²) >= 11 is 1.34. The smallest absolute Gasteiger partial charge is 0.310 e. The lowest BCUT2D eigenvalue weighted by Crippen LogP contribution is -2.03. The Morgan fingerprint density at radius 3 is 2.67 bits per heavy atom. The normalized spacial score (nSPS) is 10.5. The number of ether oxygens (including phenoxy) is 1. The van der Waals surface area contributed by atoms with Crippen LogP contribution in [0.5, 0.6) is 0 Å². The first-order valence-corrected chi connectivity index (χ1v) is 6.84. The molecule has 0 bridgehead atoms. The summed E-state index contributed by atoms with van der Waals surface area (Å²) in [4.78, 5) is 12.7. The largest absolute Gasteiger partial charge is 0.469 e. The van der Waals surface area contributed by atoms with Crippen LogP contribution in [0, 0.1) is 17.5 Å². The molecule has 0 atom stereocenters. The van der Waals surface area contributed by atoms with Gasteiger partial charge in [-0.15, -0.1) is 11.3 Å². The van der Waals surface area contributed by atoms with Gasteiger partial charge in [0.15, 0.2) is 11.6 Å². The van der Waals surface area contributed by atoms with E-state index in [1.807, 2.05) is 0 Å². The molecule has 7 heteroatoms. The average molecular weight is 315 g/mol. The molecule has 0 amide bonds. The Morgan fingerprint density at radius 1 is 1.24 bits per heavy atom. The van der Waals surface area contributed by atoms with Gasteiger partial charge in [-0.05, 0) is 12.1 Å². The van der Waals surface area contributed by atoms with E-state index in [-0.39, 0.29) is 24.6 Å². The number of nitrogens with one attached hydrogen (secondary N) is 1. The Bertz CT molecular complexity index is 658. The zero-order chi connectivity index (χ0) is 15.4. The first kappa shape index (κ1) is 15.4. The highest BCUT2D eigenvalue weighted by Crippen LogP contribution is 2.22. The summed E-state index contributed by atoms with van der Waals surface area (Å²) in [5.74, 6) is -3.57. The number of anilines is 1. The third kappa shape index (κ3) is 3.98. The van der Waals surface area contributed by atoms with Crippen LogP contribution in [-0.2, 0) is 22.5 Å². The van der Waals surface area contributed by atoms with Gasteiger partial charge in [0.05, 0.1) is 19.2 Å². The van der Waals surface area contributed by atoms with Crippen molar-refractivity contribution >= 4 is 23.0 Å². The Hall–Kier alpha value is -2.02. The second-order valence-corrected chi connectivity index (χ2v) is 5.48. The van der Waals surface area contributed by atoms with E-state index in [1.165, 1.54) is 18.4 Å². The number of hydrogen-bond donors (Lipinski definition) is 1. The van der Waals surface area contributed by atoms with Gasteiger partial charge in [0.25, 0.3) is 0 Å². The number of carbonyl (C=O) groups excluding carboxylic acids is 1. The highest BCUT2D eigenvalue weighted by atomic mass is 32.1. The fourth-order valence-electron chi connectivity index (χ4n) is 1.69. The van der Waals surface area contributed by atoms with Crippen LogP contribution in [-0.4, -0.2) is 13.1 Å². The number of halogens is 3. The van der Waals surface area contributed by atoms with Crippen LogP contribution < -0.4 is 5.32 Å². The van der Waals surface area contributed by atoms with Crippen molar-refractivity contribution in [2.75, 3.05) is 12.4 Å². The molecule has 0 aliphatic carbocycles. The first-order valence-electron chi connectivity index (χ1n) is 6.02. The molecule has 2 rings (SSSR count). The Morgan fingerprint density at radius 2 is 1.95 bits per heavy atom. The number of hydrogen-bond acceptors (Lipinski definition) is 4. The standard InChI is InChI=1S/C14H12F3NO2S/c1-20-13(19)6-9-2-3-10(21-9)7-18-12-5-8(15)4-11(16)14(12)17/h2-5,18H,6-7H2,1H3. The molecule has 2 aromatic rings. The quantitative estimate of drug-likeness (QED) is 0.678. The van der Waals surface area contributed by atoms with Crippen molar-refractivity contribution in [3.8, 4) is 0 Å². The van der Waals surface area contributed by atoms with E-state index < -0.39 is 17.5 Å². The minimum atomic E-state index is -1.24. The van der Waals surface area contributed by atoms with Crippen molar-refractivity contribution in [3.05, 3.63) is 51.5 Å². The highest BCUT2D eigenvalue weighted by Gasteiger charge is 2.11. The molecule has 1 heterocycles. The molecule has 0 aliphatic rings. The predicted molar refractivity (Wildman–Crippen MR) is 73.7 cm³/mol. The second-order valence-electron chi connectivity index (χ2n) is 4.22. The van der Waals surface area contributed by atoms with Gasteiger partial charge in [0.2, 0.25) is 0 Å². The number of rotatable bonds is 5. The van der Waals surface area contributed by atoms with Gasteiger partial charge in [0, 0.05) is 28.4 Å².